The molecule has 2 aliphatic rings. The van der Waals surface area contributed by atoms with Gasteiger partial charge in [-0.15, -0.1) is 0 Å². The minimum absolute atomic E-state index is 0.0444. The Morgan fingerprint density at radius 2 is 1.86 bits per heavy atom. The summed E-state index contributed by atoms with van der Waals surface area (Å²) in [5.41, 5.74) is -3.17. The summed E-state index contributed by atoms with van der Waals surface area (Å²) < 4.78 is 39.9. The zero-order valence-electron chi connectivity index (χ0n) is 19.3. The van der Waals surface area contributed by atoms with E-state index in [2.05, 4.69) is 5.32 Å². The number of rotatable bonds is 6. The minimum Gasteiger partial charge on any atom is -0.502 e. The van der Waals surface area contributed by atoms with Crippen LogP contribution in [0.15, 0.2) is 29.2 Å². The summed E-state index contributed by atoms with van der Waals surface area (Å²) in [4.78, 5) is 59.2. The highest BCUT2D eigenvalue weighted by atomic mass is 31.2. The Morgan fingerprint density at radius 1 is 1.19 bits per heavy atom. The van der Waals surface area contributed by atoms with E-state index in [1.807, 2.05) is 0 Å². The average Bonchev–Trinajstić information content (AvgIpc) is 3.28. The Labute approximate surface area is 204 Å². The van der Waals surface area contributed by atoms with Gasteiger partial charge in [0.25, 0.3) is 11.8 Å². The van der Waals surface area contributed by atoms with Crippen molar-refractivity contribution in [2.45, 2.75) is 37.9 Å². The first kappa shape index (κ1) is 25.8. The van der Waals surface area contributed by atoms with Crippen molar-refractivity contribution >= 4 is 19.4 Å². The van der Waals surface area contributed by atoms with Crippen LogP contribution in [0.2, 0.25) is 0 Å². The molecular weight excluding hydrogens is 501 g/mol. The SMILES string of the molecule is CN1C(=O)c2c(O)c(=O)c(C(=O)NCc3ccc(F)cc3F)cn2N(CCP(=O)(O)O)C12CCCC2. The highest BCUT2D eigenvalue weighted by molar-refractivity contribution is 7.51. The van der Waals surface area contributed by atoms with E-state index >= 15 is 0 Å². The summed E-state index contributed by atoms with van der Waals surface area (Å²) >= 11 is 0. The van der Waals surface area contributed by atoms with Crippen molar-refractivity contribution < 1.29 is 37.8 Å². The first-order valence-corrected chi connectivity index (χ1v) is 13.0. The number of carbonyl (C=O) groups excluding carboxylic acids is 2. The Bertz CT molecular complexity index is 1340. The largest absolute Gasteiger partial charge is 0.502 e. The van der Waals surface area contributed by atoms with Crippen LogP contribution in [0.25, 0.3) is 0 Å². The summed E-state index contributed by atoms with van der Waals surface area (Å²) in [7, 11) is -2.98. The lowest BCUT2D eigenvalue weighted by atomic mass is 10.0. The second-order valence-electron chi connectivity index (χ2n) is 8.90. The average molecular weight is 526 g/mol. The molecule has 14 heteroatoms. The summed E-state index contributed by atoms with van der Waals surface area (Å²) in [6.45, 7) is -0.626. The van der Waals surface area contributed by atoms with Crippen LogP contribution in [0.5, 0.6) is 5.75 Å². The number of amides is 2. The summed E-state index contributed by atoms with van der Waals surface area (Å²) in [5.74, 6) is -4.37. The van der Waals surface area contributed by atoms with Crippen molar-refractivity contribution in [1.29, 1.82) is 0 Å². The Hall–Kier alpha value is -3.28. The molecule has 0 bridgehead atoms. The molecule has 1 aromatic carbocycles. The van der Waals surface area contributed by atoms with E-state index in [1.165, 1.54) is 17.0 Å². The van der Waals surface area contributed by atoms with Gasteiger partial charge in [-0.05, 0) is 31.7 Å². The molecule has 2 amide bonds. The highest BCUT2D eigenvalue weighted by Gasteiger charge is 2.51. The molecule has 1 aromatic heterocycles. The molecule has 1 fully saturated rings. The standard InChI is InChI=1S/C22H25F2N4O7P/c1-26-21(32)17-19(30)18(29)15(20(31)25-11-13-4-5-14(23)10-16(13)24)12-27(17)28(8-9-36(33,34)35)22(26)6-2-3-7-22/h4-5,10,12,30H,2-3,6-9,11H2,1H3,(H,25,31)(H2,33,34,35). The van der Waals surface area contributed by atoms with E-state index in [0.29, 0.717) is 18.9 Å². The fourth-order valence-corrected chi connectivity index (χ4v) is 5.32. The second kappa shape index (κ2) is 9.30. The number of aromatic hydroxyl groups is 1. The van der Waals surface area contributed by atoms with Crippen LogP contribution in [0.4, 0.5) is 8.78 Å². The lowest BCUT2D eigenvalue weighted by molar-refractivity contribution is 0.0382. The molecule has 1 spiro atoms. The molecule has 36 heavy (non-hydrogen) atoms. The van der Waals surface area contributed by atoms with Gasteiger partial charge in [0.15, 0.2) is 11.4 Å². The predicted octanol–water partition coefficient (Wildman–Crippen LogP) is 1.23. The number of hydrogen-bond acceptors (Lipinski definition) is 6. The van der Waals surface area contributed by atoms with Crippen LogP contribution < -0.4 is 15.8 Å². The van der Waals surface area contributed by atoms with Crippen LogP contribution in [0, 0.1) is 11.6 Å². The maximum atomic E-state index is 13.9. The van der Waals surface area contributed by atoms with Gasteiger partial charge in [0.05, 0.1) is 6.16 Å². The van der Waals surface area contributed by atoms with E-state index in [1.54, 1.807) is 0 Å². The molecule has 1 saturated carbocycles. The monoisotopic (exact) mass is 526 g/mol. The fourth-order valence-electron chi connectivity index (χ4n) is 4.87. The van der Waals surface area contributed by atoms with Crippen molar-refractivity contribution in [3.8, 4) is 5.75 Å². The number of carbonyl (C=O) groups is 2. The molecule has 1 aliphatic carbocycles. The number of nitrogens with one attached hydrogen (secondary N) is 1. The smallest absolute Gasteiger partial charge is 0.327 e. The first-order chi connectivity index (χ1) is 16.9. The lowest BCUT2D eigenvalue weighted by Crippen LogP contribution is -2.68. The molecular formula is C22H25F2N4O7P. The lowest BCUT2D eigenvalue weighted by Gasteiger charge is -2.53. The van der Waals surface area contributed by atoms with Crippen LogP contribution >= 0.6 is 7.60 Å². The molecule has 0 radical (unpaired) electrons. The third kappa shape index (κ3) is 4.49. The third-order valence-corrected chi connectivity index (χ3v) is 7.53. The van der Waals surface area contributed by atoms with Gasteiger partial charge in [-0.3, -0.25) is 28.6 Å². The first-order valence-electron chi connectivity index (χ1n) is 11.2. The van der Waals surface area contributed by atoms with Crippen molar-refractivity contribution in [2.24, 2.45) is 0 Å². The number of fused-ring (bicyclic) bond motifs is 1. The number of aromatic nitrogens is 1. The van der Waals surface area contributed by atoms with Crippen LogP contribution in [-0.4, -0.2) is 61.7 Å². The minimum atomic E-state index is -4.47. The molecule has 2 aromatic rings. The number of nitrogens with zero attached hydrogens (tertiary/aromatic N) is 3. The molecule has 4 rings (SSSR count). The second-order valence-corrected chi connectivity index (χ2v) is 10.7. The maximum absolute atomic E-state index is 13.9. The molecule has 0 saturated heterocycles. The maximum Gasteiger partial charge on any atom is 0.327 e. The topological polar surface area (TPSA) is 152 Å². The molecule has 4 N–H and O–H groups in total. The van der Waals surface area contributed by atoms with Gasteiger partial charge < -0.3 is 25.1 Å². The number of hydrogen-bond donors (Lipinski definition) is 4. The van der Waals surface area contributed by atoms with Gasteiger partial charge in [0.1, 0.15) is 22.9 Å². The number of benzene rings is 1. The van der Waals surface area contributed by atoms with Gasteiger partial charge in [0.2, 0.25) is 5.43 Å². The zero-order valence-corrected chi connectivity index (χ0v) is 20.2. The van der Waals surface area contributed by atoms with Crippen molar-refractivity contribution in [2.75, 3.05) is 24.8 Å². The number of halogens is 2. The van der Waals surface area contributed by atoms with E-state index in [4.69, 9.17) is 0 Å². The molecule has 11 nitrogen and oxygen atoms in total. The van der Waals surface area contributed by atoms with E-state index in [0.717, 1.165) is 35.8 Å². The molecule has 1 aliphatic heterocycles. The van der Waals surface area contributed by atoms with Crippen LogP contribution in [-0.2, 0) is 11.1 Å². The van der Waals surface area contributed by atoms with Crippen molar-refractivity contribution in [3.63, 3.8) is 0 Å². The fraction of sp³-hybridized carbons (Fsp3) is 0.409. The summed E-state index contributed by atoms with van der Waals surface area (Å²) in [6, 6.07) is 2.78. The van der Waals surface area contributed by atoms with Gasteiger partial charge in [-0.1, -0.05) is 6.07 Å². The van der Waals surface area contributed by atoms with Crippen molar-refractivity contribution in [3.05, 3.63) is 63.1 Å². The molecule has 0 unspecified atom stereocenters. The predicted molar refractivity (Wildman–Crippen MR) is 123 cm³/mol. The highest BCUT2D eigenvalue weighted by Crippen LogP contribution is 2.43. The quantitative estimate of drug-likeness (QED) is 0.410. The van der Waals surface area contributed by atoms with Gasteiger partial charge in [-0.25, -0.2) is 8.78 Å². The third-order valence-electron chi connectivity index (χ3n) is 6.74. The van der Waals surface area contributed by atoms with Gasteiger partial charge in [-0.2, -0.15) is 0 Å². The summed E-state index contributed by atoms with van der Waals surface area (Å²) in [6.07, 6.45) is 2.85. The van der Waals surface area contributed by atoms with Gasteiger partial charge in [0, 0.05) is 38.0 Å². The molecule has 2 heterocycles. The zero-order chi connectivity index (χ0) is 26.4. The van der Waals surface area contributed by atoms with Crippen LogP contribution in [0.3, 0.4) is 0 Å². The Balaban J connectivity index is 1.76. The van der Waals surface area contributed by atoms with E-state index < -0.39 is 65.3 Å². The normalized spacial score (nSPS) is 17.0. The van der Waals surface area contributed by atoms with E-state index in [-0.39, 0.29) is 18.7 Å². The Kier molecular flexibility index (Phi) is 6.67. The van der Waals surface area contributed by atoms with Gasteiger partial charge >= 0.3 is 7.60 Å². The summed E-state index contributed by atoms with van der Waals surface area (Å²) in [5, 5.41) is 14.5. The number of pyridine rings is 1. The Morgan fingerprint density at radius 3 is 2.47 bits per heavy atom. The van der Waals surface area contributed by atoms with E-state index in [9.17, 15) is 42.6 Å². The molecule has 194 valence electrons. The van der Waals surface area contributed by atoms with Crippen molar-refractivity contribution in [1.82, 2.24) is 14.9 Å². The van der Waals surface area contributed by atoms with Crippen LogP contribution in [0.1, 0.15) is 52.1 Å². The molecule has 0 atom stereocenters.